The van der Waals surface area contributed by atoms with Gasteiger partial charge in [0.05, 0.1) is 24.3 Å². The van der Waals surface area contributed by atoms with Gasteiger partial charge in [0, 0.05) is 5.56 Å². The van der Waals surface area contributed by atoms with Crippen molar-refractivity contribution in [1.82, 2.24) is 0 Å². The fourth-order valence-corrected chi connectivity index (χ4v) is 2.43. The summed E-state index contributed by atoms with van der Waals surface area (Å²) >= 11 is 0. The average molecular weight is 324 g/mol. The number of hydrogen-bond donors (Lipinski definition) is 0. The Morgan fingerprint density at radius 3 is 2.83 bits per heavy atom. The van der Waals surface area contributed by atoms with Crippen LogP contribution < -0.4 is 0 Å². The molecule has 0 aromatic heterocycles. The summed E-state index contributed by atoms with van der Waals surface area (Å²) in [4.78, 5) is 23.5. The van der Waals surface area contributed by atoms with Crippen molar-refractivity contribution in [2.45, 2.75) is 19.8 Å². The molecule has 2 aromatic carbocycles. The smallest absolute Gasteiger partial charge is 0.338 e. The maximum Gasteiger partial charge on any atom is 0.338 e. The predicted octanol–water partition coefficient (Wildman–Crippen LogP) is 3.68. The number of ether oxygens (including phenoxy) is 2. The van der Waals surface area contributed by atoms with E-state index in [1.165, 1.54) is 0 Å². The highest BCUT2D eigenvalue weighted by atomic mass is 16.5. The Labute approximate surface area is 139 Å². The minimum absolute atomic E-state index is 0.236. The molecule has 0 aliphatic carbocycles. The highest BCUT2D eigenvalue weighted by Gasteiger charge is 2.23. The molecule has 24 heavy (non-hydrogen) atoms. The highest BCUT2D eigenvalue weighted by molar-refractivity contribution is 5.96. The Balaban J connectivity index is 1.72. The summed E-state index contributed by atoms with van der Waals surface area (Å²) in [5, 5.41) is 7.54. The summed E-state index contributed by atoms with van der Waals surface area (Å²) in [7, 11) is 0. The fourth-order valence-electron chi connectivity index (χ4n) is 2.43. The molecule has 6 nitrogen and oxygen atoms in total. The Kier molecular flexibility index (Phi) is 4.77. The van der Waals surface area contributed by atoms with Crippen LogP contribution in [0.3, 0.4) is 0 Å². The molecular formula is C18H16N2O4. The van der Waals surface area contributed by atoms with Crippen molar-refractivity contribution in [2.24, 2.45) is 10.2 Å². The first-order valence-electron chi connectivity index (χ1n) is 7.61. The molecule has 2 aromatic rings. The number of benzene rings is 2. The van der Waals surface area contributed by atoms with Gasteiger partial charge in [0.15, 0.2) is 6.23 Å². The topological polar surface area (TPSA) is 77.3 Å². The van der Waals surface area contributed by atoms with Gasteiger partial charge in [-0.15, -0.1) is 10.2 Å². The monoisotopic (exact) mass is 324 g/mol. The standard InChI is InChI=1S/C18H16N2O4/c1-2-23-18(22)13-7-5-6-12(10-13)11-24-17-15-9-4-3-8-14(15)16(21)19-20-17/h3-10,17H,2,11H2,1H3. The lowest BCUT2D eigenvalue weighted by atomic mass is 10.0. The molecule has 1 amide bonds. The number of esters is 1. The van der Waals surface area contributed by atoms with Gasteiger partial charge in [-0.3, -0.25) is 4.79 Å². The first kappa shape index (κ1) is 16.0. The van der Waals surface area contributed by atoms with Gasteiger partial charge < -0.3 is 9.47 Å². The van der Waals surface area contributed by atoms with E-state index in [0.717, 1.165) is 5.56 Å². The second kappa shape index (κ2) is 7.14. The molecular weight excluding hydrogens is 308 g/mol. The van der Waals surface area contributed by atoms with Gasteiger partial charge in [-0.05, 0) is 30.7 Å². The summed E-state index contributed by atoms with van der Waals surface area (Å²) in [6.45, 7) is 2.32. The molecule has 1 aliphatic rings. The summed E-state index contributed by atoms with van der Waals surface area (Å²) in [5.74, 6) is -0.734. The molecule has 1 aliphatic heterocycles. The number of rotatable bonds is 5. The first-order valence-corrected chi connectivity index (χ1v) is 7.61. The number of carbonyl (C=O) groups is 2. The minimum atomic E-state index is -0.634. The largest absolute Gasteiger partial charge is 0.462 e. The molecule has 6 heteroatoms. The zero-order chi connectivity index (χ0) is 16.9. The van der Waals surface area contributed by atoms with Crippen LogP contribution in [0.25, 0.3) is 0 Å². The third kappa shape index (κ3) is 3.38. The van der Waals surface area contributed by atoms with Gasteiger partial charge >= 0.3 is 5.97 Å². The quantitative estimate of drug-likeness (QED) is 0.786. The van der Waals surface area contributed by atoms with Crippen molar-refractivity contribution in [3.8, 4) is 0 Å². The molecule has 0 fully saturated rings. The molecule has 1 heterocycles. The van der Waals surface area contributed by atoms with Gasteiger partial charge in [0.2, 0.25) is 0 Å². The number of hydrogen-bond acceptors (Lipinski definition) is 5. The molecule has 0 saturated heterocycles. The van der Waals surface area contributed by atoms with E-state index in [-0.39, 0.29) is 18.5 Å². The van der Waals surface area contributed by atoms with Crippen molar-refractivity contribution >= 4 is 11.9 Å². The van der Waals surface area contributed by atoms with E-state index >= 15 is 0 Å². The van der Waals surface area contributed by atoms with Crippen LogP contribution >= 0.6 is 0 Å². The van der Waals surface area contributed by atoms with Crippen LogP contribution in [0.1, 0.15) is 45.0 Å². The van der Waals surface area contributed by atoms with Gasteiger partial charge in [-0.1, -0.05) is 30.3 Å². The van der Waals surface area contributed by atoms with Crippen LogP contribution in [0, 0.1) is 0 Å². The van der Waals surface area contributed by atoms with Crippen molar-refractivity contribution in [3.63, 3.8) is 0 Å². The van der Waals surface area contributed by atoms with Crippen molar-refractivity contribution < 1.29 is 19.1 Å². The van der Waals surface area contributed by atoms with E-state index in [2.05, 4.69) is 10.2 Å². The van der Waals surface area contributed by atoms with Gasteiger partial charge in [-0.25, -0.2) is 4.79 Å². The van der Waals surface area contributed by atoms with Crippen molar-refractivity contribution in [2.75, 3.05) is 6.61 Å². The first-order chi connectivity index (χ1) is 11.7. The number of fused-ring (bicyclic) bond motifs is 1. The van der Waals surface area contributed by atoms with Crippen LogP contribution in [0.4, 0.5) is 0 Å². The fraction of sp³-hybridized carbons (Fsp3) is 0.222. The van der Waals surface area contributed by atoms with Gasteiger partial charge in [0.25, 0.3) is 5.91 Å². The van der Waals surface area contributed by atoms with Crippen molar-refractivity contribution in [3.05, 3.63) is 70.8 Å². The molecule has 0 N–H and O–H groups in total. The summed E-state index contributed by atoms with van der Waals surface area (Å²) in [5.41, 5.74) is 2.47. The molecule has 1 unspecified atom stereocenters. The third-order valence-electron chi connectivity index (χ3n) is 3.56. The number of nitrogens with zero attached hydrogens (tertiary/aromatic N) is 2. The summed E-state index contributed by atoms with van der Waals surface area (Å²) < 4.78 is 10.8. The molecule has 0 bridgehead atoms. The van der Waals surface area contributed by atoms with E-state index in [1.54, 1.807) is 43.3 Å². The molecule has 0 saturated carbocycles. The number of azo groups is 1. The lowest BCUT2D eigenvalue weighted by molar-refractivity contribution is 0.0362. The zero-order valence-corrected chi connectivity index (χ0v) is 13.1. The third-order valence-corrected chi connectivity index (χ3v) is 3.56. The van der Waals surface area contributed by atoms with E-state index in [9.17, 15) is 9.59 Å². The van der Waals surface area contributed by atoms with Crippen molar-refractivity contribution in [1.29, 1.82) is 0 Å². The zero-order valence-electron chi connectivity index (χ0n) is 13.1. The lowest BCUT2D eigenvalue weighted by Gasteiger charge is -2.18. The molecule has 1 atom stereocenters. The highest BCUT2D eigenvalue weighted by Crippen LogP contribution is 2.29. The Bertz CT molecular complexity index is 801. The Morgan fingerprint density at radius 1 is 1.17 bits per heavy atom. The lowest BCUT2D eigenvalue weighted by Crippen LogP contribution is -2.12. The number of carbonyl (C=O) groups excluding carboxylic acids is 2. The van der Waals surface area contributed by atoms with Crippen LogP contribution in [-0.4, -0.2) is 18.5 Å². The molecule has 3 rings (SSSR count). The molecule has 0 radical (unpaired) electrons. The van der Waals surface area contributed by atoms with Crippen LogP contribution in [0.2, 0.25) is 0 Å². The average Bonchev–Trinajstić information content (AvgIpc) is 2.62. The normalized spacial score (nSPS) is 15.9. The molecule has 0 spiro atoms. The summed E-state index contributed by atoms with van der Waals surface area (Å²) in [6, 6.07) is 14.1. The van der Waals surface area contributed by atoms with E-state index in [0.29, 0.717) is 23.3 Å². The predicted molar refractivity (Wildman–Crippen MR) is 85.6 cm³/mol. The molecule has 122 valence electrons. The van der Waals surface area contributed by atoms with Crippen LogP contribution in [0.5, 0.6) is 0 Å². The maximum absolute atomic E-state index is 11.8. The SMILES string of the molecule is CCOC(=O)c1cccc(COC2N=NC(=O)c3ccccc32)c1. The van der Waals surface area contributed by atoms with Gasteiger partial charge in [-0.2, -0.15) is 0 Å². The second-order valence-corrected chi connectivity index (χ2v) is 5.19. The van der Waals surface area contributed by atoms with Crippen LogP contribution in [0.15, 0.2) is 58.8 Å². The van der Waals surface area contributed by atoms with E-state index in [4.69, 9.17) is 9.47 Å². The second-order valence-electron chi connectivity index (χ2n) is 5.19. The Morgan fingerprint density at radius 2 is 2.00 bits per heavy atom. The minimum Gasteiger partial charge on any atom is -0.462 e. The van der Waals surface area contributed by atoms with E-state index < -0.39 is 6.23 Å². The Hall–Kier alpha value is -2.86. The van der Waals surface area contributed by atoms with E-state index in [1.807, 2.05) is 12.1 Å². The summed E-state index contributed by atoms with van der Waals surface area (Å²) in [6.07, 6.45) is -0.634. The maximum atomic E-state index is 11.8. The van der Waals surface area contributed by atoms with Gasteiger partial charge in [0.1, 0.15) is 0 Å². The number of amides is 1. The van der Waals surface area contributed by atoms with Crippen LogP contribution in [-0.2, 0) is 16.1 Å².